The lowest BCUT2D eigenvalue weighted by Crippen LogP contribution is -2.10. The van der Waals surface area contributed by atoms with Gasteiger partial charge in [-0.3, -0.25) is 0 Å². The van der Waals surface area contributed by atoms with Gasteiger partial charge in [0.2, 0.25) is 0 Å². The van der Waals surface area contributed by atoms with E-state index in [0.29, 0.717) is 11.8 Å². The largest absolute Gasteiger partial charge is 0.396 e. The van der Waals surface area contributed by atoms with Crippen LogP contribution < -0.4 is 0 Å². The number of hydrogen-bond acceptors (Lipinski definition) is 1. The minimum absolute atomic E-state index is 0.267. The second-order valence-electron chi connectivity index (χ2n) is 3.33. The second kappa shape index (κ2) is 4.51. The van der Waals surface area contributed by atoms with E-state index in [1.54, 1.807) is 0 Å². The maximum Gasteiger partial charge on any atom is 0.0496 e. The van der Waals surface area contributed by atoms with Gasteiger partial charge in [-0.1, -0.05) is 25.5 Å². The molecule has 0 heterocycles. The Kier molecular flexibility index (Phi) is 4.37. The zero-order chi connectivity index (χ0) is 8.15. The van der Waals surface area contributed by atoms with Crippen molar-refractivity contribution >= 4 is 0 Å². The average molecular weight is 142 g/mol. The normalized spacial score (nSPS) is 13.4. The first-order valence-electron chi connectivity index (χ1n) is 3.83. The van der Waals surface area contributed by atoms with Crippen molar-refractivity contribution in [3.8, 4) is 0 Å². The fourth-order valence-corrected chi connectivity index (χ4v) is 0.884. The lowest BCUT2D eigenvalue weighted by atomic mass is 9.95. The molecule has 0 amide bonds. The highest BCUT2D eigenvalue weighted by molar-refractivity contribution is 4.98. The summed E-state index contributed by atoms with van der Waals surface area (Å²) >= 11 is 0. The molecule has 0 bridgehead atoms. The van der Waals surface area contributed by atoms with Crippen LogP contribution in [0.4, 0.5) is 0 Å². The standard InChI is InChI=1S/C9H18O/c1-7(2)5-9(6-10)8(3)4/h5,8-10H,6H2,1-4H3. The Hall–Kier alpha value is -0.300. The van der Waals surface area contributed by atoms with Gasteiger partial charge in [-0.2, -0.15) is 0 Å². The van der Waals surface area contributed by atoms with Crippen LogP contribution in [0.3, 0.4) is 0 Å². The first-order chi connectivity index (χ1) is 4.57. The number of aliphatic hydroxyl groups excluding tert-OH is 1. The Balaban J connectivity index is 3.96. The Bertz CT molecular complexity index is 110. The van der Waals surface area contributed by atoms with E-state index in [9.17, 15) is 0 Å². The predicted molar refractivity (Wildman–Crippen MR) is 44.8 cm³/mol. The summed E-state index contributed by atoms with van der Waals surface area (Å²) in [6.45, 7) is 8.64. The van der Waals surface area contributed by atoms with Crippen molar-refractivity contribution in [2.75, 3.05) is 6.61 Å². The molecule has 0 aliphatic rings. The quantitative estimate of drug-likeness (QED) is 0.599. The van der Waals surface area contributed by atoms with Crippen LogP contribution in [0.25, 0.3) is 0 Å². The van der Waals surface area contributed by atoms with E-state index in [2.05, 4.69) is 33.8 Å². The smallest absolute Gasteiger partial charge is 0.0496 e. The summed E-state index contributed by atoms with van der Waals surface area (Å²) in [7, 11) is 0. The van der Waals surface area contributed by atoms with Crippen LogP contribution in [-0.4, -0.2) is 11.7 Å². The molecular formula is C9H18O. The molecule has 0 radical (unpaired) electrons. The van der Waals surface area contributed by atoms with Gasteiger partial charge in [0.15, 0.2) is 0 Å². The molecule has 10 heavy (non-hydrogen) atoms. The molecule has 1 N–H and O–H groups in total. The van der Waals surface area contributed by atoms with Crippen molar-refractivity contribution in [3.05, 3.63) is 11.6 Å². The third-order valence-electron chi connectivity index (χ3n) is 1.61. The van der Waals surface area contributed by atoms with E-state index in [0.717, 1.165) is 0 Å². The zero-order valence-corrected chi connectivity index (χ0v) is 7.39. The number of rotatable bonds is 3. The van der Waals surface area contributed by atoms with Gasteiger partial charge in [-0.25, -0.2) is 0 Å². The molecule has 0 aliphatic carbocycles. The van der Waals surface area contributed by atoms with Crippen molar-refractivity contribution in [1.82, 2.24) is 0 Å². The summed E-state index contributed by atoms with van der Waals surface area (Å²) < 4.78 is 0. The third-order valence-corrected chi connectivity index (χ3v) is 1.61. The number of allylic oxidation sites excluding steroid dienone is 1. The summed E-state index contributed by atoms with van der Waals surface area (Å²) in [5, 5.41) is 8.90. The van der Waals surface area contributed by atoms with Gasteiger partial charge >= 0.3 is 0 Å². The lowest BCUT2D eigenvalue weighted by molar-refractivity contribution is 0.221. The maximum atomic E-state index is 8.90. The molecule has 0 fully saturated rings. The first-order valence-corrected chi connectivity index (χ1v) is 3.83. The molecule has 0 spiro atoms. The average Bonchev–Trinajstić information content (AvgIpc) is 1.81. The molecule has 1 nitrogen and oxygen atoms in total. The lowest BCUT2D eigenvalue weighted by Gasteiger charge is -2.13. The summed E-state index contributed by atoms with van der Waals surface area (Å²) in [4.78, 5) is 0. The van der Waals surface area contributed by atoms with Crippen LogP contribution in [0.5, 0.6) is 0 Å². The van der Waals surface area contributed by atoms with Crippen LogP contribution in [0, 0.1) is 11.8 Å². The van der Waals surface area contributed by atoms with Gasteiger partial charge in [0.05, 0.1) is 0 Å². The highest BCUT2D eigenvalue weighted by Crippen LogP contribution is 2.13. The van der Waals surface area contributed by atoms with Crippen LogP contribution >= 0.6 is 0 Å². The fraction of sp³-hybridized carbons (Fsp3) is 0.778. The molecule has 0 saturated heterocycles. The van der Waals surface area contributed by atoms with Crippen molar-refractivity contribution in [3.63, 3.8) is 0 Å². The van der Waals surface area contributed by atoms with Crippen LogP contribution in [0.1, 0.15) is 27.7 Å². The van der Waals surface area contributed by atoms with E-state index in [1.807, 2.05) is 0 Å². The van der Waals surface area contributed by atoms with Gasteiger partial charge in [-0.15, -0.1) is 0 Å². The van der Waals surface area contributed by atoms with E-state index in [4.69, 9.17) is 5.11 Å². The topological polar surface area (TPSA) is 20.2 Å². The predicted octanol–water partition coefficient (Wildman–Crippen LogP) is 2.22. The molecular weight excluding hydrogens is 124 g/mol. The molecule has 1 unspecified atom stereocenters. The summed E-state index contributed by atoms with van der Waals surface area (Å²) in [6, 6.07) is 0. The van der Waals surface area contributed by atoms with Crippen molar-refractivity contribution in [2.24, 2.45) is 11.8 Å². The molecule has 0 rings (SSSR count). The maximum absolute atomic E-state index is 8.90. The number of hydrogen-bond donors (Lipinski definition) is 1. The van der Waals surface area contributed by atoms with E-state index >= 15 is 0 Å². The minimum Gasteiger partial charge on any atom is -0.396 e. The minimum atomic E-state index is 0.267. The fourth-order valence-electron chi connectivity index (χ4n) is 0.884. The molecule has 0 aromatic carbocycles. The van der Waals surface area contributed by atoms with Gasteiger partial charge in [0, 0.05) is 12.5 Å². The van der Waals surface area contributed by atoms with E-state index in [-0.39, 0.29) is 6.61 Å². The second-order valence-corrected chi connectivity index (χ2v) is 3.33. The molecule has 0 aromatic rings. The summed E-state index contributed by atoms with van der Waals surface area (Å²) in [5.74, 6) is 0.880. The van der Waals surface area contributed by atoms with Crippen molar-refractivity contribution in [1.29, 1.82) is 0 Å². The van der Waals surface area contributed by atoms with Gasteiger partial charge < -0.3 is 5.11 Å². The molecule has 0 aliphatic heterocycles. The Morgan fingerprint density at radius 2 is 1.90 bits per heavy atom. The molecule has 60 valence electrons. The molecule has 0 saturated carbocycles. The summed E-state index contributed by atoms with van der Waals surface area (Å²) in [6.07, 6.45) is 2.13. The van der Waals surface area contributed by atoms with Crippen molar-refractivity contribution < 1.29 is 5.11 Å². The van der Waals surface area contributed by atoms with E-state index in [1.165, 1.54) is 5.57 Å². The van der Waals surface area contributed by atoms with E-state index < -0.39 is 0 Å². The monoisotopic (exact) mass is 142 g/mol. The molecule has 1 heteroatoms. The first kappa shape index (κ1) is 9.70. The van der Waals surface area contributed by atoms with Gasteiger partial charge in [-0.05, 0) is 19.8 Å². The molecule has 1 atom stereocenters. The highest BCUT2D eigenvalue weighted by Gasteiger charge is 2.07. The van der Waals surface area contributed by atoms with Crippen molar-refractivity contribution in [2.45, 2.75) is 27.7 Å². The van der Waals surface area contributed by atoms with Crippen LogP contribution in [-0.2, 0) is 0 Å². The van der Waals surface area contributed by atoms with Crippen LogP contribution in [0.15, 0.2) is 11.6 Å². The summed E-state index contributed by atoms with van der Waals surface area (Å²) in [5.41, 5.74) is 1.28. The Labute approximate surface area is 63.8 Å². The van der Waals surface area contributed by atoms with Gasteiger partial charge in [0.1, 0.15) is 0 Å². The third kappa shape index (κ3) is 3.67. The zero-order valence-electron chi connectivity index (χ0n) is 7.39. The SMILES string of the molecule is CC(C)=CC(CO)C(C)C. The van der Waals surface area contributed by atoms with Gasteiger partial charge in [0.25, 0.3) is 0 Å². The highest BCUT2D eigenvalue weighted by atomic mass is 16.3. The molecule has 0 aromatic heterocycles. The Morgan fingerprint density at radius 3 is 2.00 bits per heavy atom. The Morgan fingerprint density at radius 1 is 1.40 bits per heavy atom. The number of aliphatic hydroxyl groups is 1. The van der Waals surface area contributed by atoms with Crippen LogP contribution in [0.2, 0.25) is 0 Å².